The van der Waals surface area contributed by atoms with Gasteiger partial charge in [0.1, 0.15) is 0 Å². The van der Waals surface area contributed by atoms with Crippen LogP contribution in [0.15, 0.2) is 21.1 Å². The fourth-order valence-electron chi connectivity index (χ4n) is 0.474. The first-order chi connectivity index (χ1) is 4.74. The molecule has 1 heterocycles. The number of thiophene rings is 1. The Bertz CT molecular complexity index is 260. The van der Waals surface area contributed by atoms with Crippen LogP contribution in [0.2, 0.25) is 0 Å². The first-order valence-corrected chi connectivity index (χ1v) is 4.36. The van der Waals surface area contributed by atoms with Gasteiger partial charge in [-0.25, -0.2) is 0 Å². The number of halogens is 2. The molecule has 0 radical (unpaired) electrons. The second-order valence-corrected chi connectivity index (χ2v) is 4.32. The number of hydrogen-bond acceptors (Lipinski definition) is 3. The van der Waals surface area contributed by atoms with Gasteiger partial charge in [0.25, 0.3) is 0 Å². The highest BCUT2D eigenvalue weighted by atomic mass is 79.9. The summed E-state index contributed by atoms with van der Waals surface area (Å²) in [6.07, 6.45) is 0. The Hall–Kier alpha value is -0.0600. The molecule has 10 heavy (non-hydrogen) atoms. The minimum atomic E-state index is 0.121. The first-order valence-electron chi connectivity index (χ1n) is 2.37. The summed E-state index contributed by atoms with van der Waals surface area (Å²) in [5.41, 5.74) is 0. The van der Waals surface area contributed by atoms with Crippen molar-refractivity contribution in [2.24, 2.45) is 5.16 Å². The van der Waals surface area contributed by atoms with Crippen molar-refractivity contribution in [1.29, 1.82) is 0 Å². The zero-order chi connectivity index (χ0) is 7.56. The van der Waals surface area contributed by atoms with Crippen LogP contribution in [0.1, 0.15) is 4.88 Å². The summed E-state index contributed by atoms with van der Waals surface area (Å²) in [4.78, 5) is 0.746. The van der Waals surface area contributed by atoms with Crippen LogP contribution in [0.4, 0.5) is 0 Å². The predicted molar refractivity (Wildman–Crippen MR) is 46.2 cm³/mol. The number of nitrogens with zero attached hydrogens (tertiary/aromatic N) is 1. The highest BCUT2D eigenvalue weighted by molar-refractivity contribution is 9.11. The van der Waals surface area contributed by atoms with Crippen LogP contribution in [0.25, 0.3) is 0 Å². The molecule has 1 rings (SSSR count). The van der Waals surface area contributed by atoms with Crippen LogP contribution in [0, 0.1) is 0 Å². The average Bonchev–Trinajstić information content (AvgIpc) is 2.34. The lowest BCUT2D eigenvalue weighted by Crippen LogP contribution is -1.83. The second kappa shape index (κ2) is 3.37. The van der Waals surface area contributed by atoms with Gasteiger partial charge in [-0.2, -0.15) is 0 Å². The fourth-order valence-corrected chi connectivity index (χ4v) is 1.92. The van der Waals surface area contributed by atoms with E-state index in [4.69, 9.17) is 16.8 Å². The third-order valence-electron chi connectivity index (χ3n) is 0.864. The van der Waals surface area contributed by atoms with Crippen LogP contribution in [-0.2, 0) is 0 Å². The second-order valence-electron chi connectivity index (χ2n) is 1.49. The van der Waals surface area contributed by atoms with E-state index >= 15 is 0 Å². The molecule has 0 aliphatic heterocycles. The van der Waals surface area contributed by atoms with Gasteiger partial charge in [0.05, 0.1) is 8.66 Å². The Labute approximate surface area is 75.3 Å². The van der Waals surface area contributed by atoms with Crippen LogP contribution in [-0.4, -0.2) is 10.4 Å². The van der Waals surface area contributed by atoms with Crippen molar-refractivity contribution in [3.05, 3.63) is 20.8 Å². The Kier molecular flexibility index (Phi) is 2.71. The third kappa shape index (κ3) is 1.71. The monoisotopic (exact) mass is 239 g/mol. The lowest BCUT2D eigenvalue weighted by molar-refractivity contribution is 0.321. The molecule has 0 aliphatic carbocycles. The summed E-state index contributed by atoms with van der Waals surface area (Å²) in [5, 5.41) is 11.2. The van der Waals surface area contributed by atoms with Gasteiger partial charge < -0.3 is 5.21 Å². The zero-order valence-electron chi connectivity index (χ0n) is 4.71. The molecule has 0 spiro atoms. The predicted octanol–water partition coefficient (Wildman–Crippen LogP) is 2.89. The van der Waals surface area contributed by atoms with Gasteiger partial charge in [-0.3, -0.25) is 0 Å². The molecule has 0 aliphatic rings. The van der Waals surface area contributed by atoms with E-state index in [0.29, 0.717) is 0 Å². The molecule has 0 bridgehead atoms. The van der Waals surface area contributed by atoms with E-state index in [1.165, 1.54) is 11.3 Å². The first kappa shape index (κ1) is 8.04. The van der Waals surface area contributed by atoms with Crippen molar-refractivity contribution < 1.29 is 5.21 Å². The molecule has 1 aromatic heterocycles. The van der Waals surface area contributed by atoms with Gasteiger partial charge >= 0.3 is 0 Å². The van der Waals surface area contributed by atoms with Gasteiger partial charge in [0.15, 0.2) is 5.17 Å². The summed E-state index contributed by atoms with van der Waals surface area (Å²) < 4.78 is 0.962. The Morgan fingerprint density at radius 3 is 2.80 bits per heavy atom. The van der Waals surface area contributed by atoms with Crippen molar-refractivity contribution in [1.82, 2.24) is 0 Å². The molecule has 0 amide bonds. The van der Waals surface area contributed by atoms with E-state index in [2.05, 4.69) is 21.1 Å². The van der Waals surface area contributed by atoms with E-state index in [-0.39, 0.29) is 5.17 Å². The van der Waals surface area contributed by atoms with Gasteiger partial charge in [0, 0.05) is 0 Å². The van der Waals surface area contributed by atoms with Crippen molar-refractivity contribution in [2.45, 2.75) is 0 Å². The molecule has 5 heteroatoms. The summed E-state index contributed by atoms with van der Waals surface area (Å²) >= 11 is 10.2. The van der Waals surface area contributed by atoms with Crippen LogP contribution in [0.3, 0.4) is 0 Å². The normalized spacial score (nSPS) is 12.0. The molecule has 54 valence electrons. The molecular formula is C5H3BrClNOS. The third-order valence-corrected chi connectivity index (χ3v) is 2.89. The summed E-state index contributed by atoms with van der Waals surface area (Å²) in [7, 11) is 0. The van der Waals surface area contributed by atoms with Gasteiger partial charge in [0.2, 0.25) is 0 Å². The molecule has 0 unspecified atom stereocenters. The maximum absolute atomic E-state index is 8.24. The Morgan fingerprint density at radius 1 is 1.70 bits per heavy atom. The Morgan fingerprint density at radius 2 is 2.40 bits per heavy atom. The lowest BCUT2D eigenvalue weighted by atomic mass is 10.5. The highest BCUT2D eigenvalue weighted by Gasteiger charge is 2.02. The maximum atomic E-state index is 8.24. The number of rotatable bonds is 1. The van der Waals surface area contributed by atoms with E-state index in [1.54, 1.807) is 6.07 Å². The van der Waals surface area contributed by atoms with Crippen LogP contribution in [0.5, 0.6) is 0 Å². The van der Waals surface area contributed by atoms with Crippen LogP contribution >= 0.6 is 38.9 Å². The van der Waals surface area contributed by atoms with Crippen molar-refractivity contribution in [2.75, 3.05) is 0 Å². The zero-order valence-corrected chi connectivity index (χ0v) is 7.87. The molecule has 1 N–H and O–H groups in total. The molecule has 2 nitrogen and oxygen atoms in total. The topological polar surface area (TPSA) is 32.6 Å². The highest BCUT2D eigenvalue weighted by Crippen LogP contribution is 2.23. The van der Waals surface area contributed by atoms with Crippen molar-refractivity contribution in [3.8, 4) is 0 Å². The van der Waals surface area contributed by atoms with Crippen LogP contribution < -0.4 is 0 Å². The largest absolute Gasteiger partial charge is 0.410 e. The van der Waals surface area contributed by atoms with E-state index < -0.39 is 0 Å². The molecule has 0 fully saturated rings. The maximum Gasteiger partial charge on any atom is 0.185 e. The summed E-state index contributed by atoms with van der Waals surface area (Å²) in [5.74, 6) is 0. The molecule has 1 aromatic rings. The van der Waals surface area contributed by atoms with E-state index in [9.17, 15) is 0 Å². The lowest BCUT2D eigenvalue weighted by Gasteiger charge is -1.84. The summed E-state index contributed by atoms with van der Waals surface area (Å²) in [6.45, 7) is 0. The Balaban J connectivity index is 2.95. The van der Waals surface area contributed by atoms with E-state index in [1.807, 2.05) is 6.07 Å². The van der Waals surface area contributed by atoms with Crippen molar-refractivity contribution >= 4 is 44.0 Å². The SMILES string of the molecule is O/N=C(\Cl)c1ccc(Br)s1. The number of hydrogen-bond donors (Lipinski definition) is 1. The summed E-state index contributed by atoms with van der Waals surface area (Å²) in [6, 6.07) is 3.62. The number of oxime groups is 1. The molecular weight excluding hydrogens is 237 g/mol. The average molecular weight is 241 g/mol. The minimum absolute atomic E-state index is 0.121. The molecule has 0 saturated carbocycles. The van der Waals surface area contributed by atoms with Gasteiger partial charge in [-0.05, 0) is 28.1 Å². The van der Waals surface area contributed by atoms with E-state index in [0.717, 1.165) is 8.66 Å². The smallest absolute Gasteiger partial charge is 0.185 e. The van der Waals surface area contributed by atoms with Crippen molar-refractivity contribution in [3.63, 3.8) is 0 Å². The van der Waals surface area contributed by atoms with Gasteiger partial charge in [-0.1, -0.05) is 16.8 Å². The minimum Gasteiger partial charge on any atom is -0.410 e. The fraction of sp³-hybridized carbons (Fsp3) is 0. The molecule has 0 atom stereocenters. The quantitative estimate of drug-likeness (QED) is 0.457. The molecule has 0 aromatic carbocycles. The molecule has 0 saturated heterocycles. The van der Waals surface area contributed by atoms with Gasteiger partial charge in [-0.15, -0.1) is 11.3 Å². The standard InChI is InChI=1S/C5H3BrClNOS/c6-4-2-1-3(10-4)5(7)8-9/h1-2,9H/b8-5-.